The Balaban J connectivity index is 1.42. The highest BCUT2D eigenvalue weighted by molar-refractivity contribution is 5.96. The van der Waals surface area contributed by atoms with Crippen molar-refractivity contribution in [3.63, 3.8) is 0 Å². The fourth-order valence-electron chi connectivity index (χ4n) is 4.55. The van der Waals surface area contributed by atoms with Crippen molar-refractivity contribution in [2.45, 2.75) is 56.7 Å². The quantitative estimate of drug-likeness (QED) is 0.299. The molecule has 1 aromatic heterocycles. The van der Waals surface area contributed by atoms with Gasteiger partial charge < -0.3 is 25.1 Å². The molecule has 9 heteroatoms. The van der Waals surface area contributed by atoms with E-state index in [1.807, 2.05) is 0 Å². The predicted molar refractivity (Wildman–Crippen MR) is 148 cm³/mol. The zero-order chi connectivity index (χ0) is 29.4. The summed E-state index contributed by atoms with van der Waals surface area (Å²) < 4.78 is 30.4. The van der Waals surface area contributed by atoms with Crippen LogP contribution in [-0.2, 0) is 15.8 Å². The summed E-state index contributed by atoms with van der Waals surface area (Å²) in [5, 5.41) is 11.5. The lowest BCUT2D eigenvalue weighted by Crippen LogP contribution is -2.40. The maximum Gasteiger partial charge on any atom is 0.231 e. The molecule has 3 N–H and O–H groups in total. The zero-order valence-corrected chi connectivity index (χ0v) is 23.1. The standard InChI is InChI=1S/C32H31FN2O6/c1-31(30(34)37)18-40-29-23(31)17-28(35-24(29)12-6-19-4-8-21(33)9-5-19)32(2,38)15-14-25(36)20-7-13-26(27(16-20)39-3)41-22-10-11-22/h4-5,7-9,13,16-17,22,38H,10-11,14-15,18H2,1-3H3,(H2,34,37)/t31-,32-/m0/s1. The Labute approximate surface area is 237 Å². The molecule has 1 fully saturated rings. The Kier molecular flexibility index (Phi) is 7.45. The van der Waals surface area contributed by atoms with Gasteiger partial charge in [-0.25, -0.2) is 9.37 Å². The molecule has 1 aliphatic heterocycles. The second-order valence-corrected chi connectivity index (χ2v) is 10.9. The smallest absolute Gasteiger partial charge is 0.231 e. The van der Waals surface area contributed by atoms with E-state index >= 15 is 0 Å². The van der Waals surface area contributed by atoms with Crippen LogP contribution in [0.25, 0.3) is 0 Å². The molecule has 2 aromatic carbocycles. The van der Waals surface area contributed by atoms with Crippen LogP contribution in [0.15, 0.2) is 48.5 Å². The molecule has 0 radical (unpaired) electrons. The molecule has 0 saturated heterocycles. The number of ether oxygens (including phenoxy) is 3. The topological polar surface area (TPSA) is 121 Å². The zero-order valence-electron chi connectivity index (χ0n) is 23.1. The van der Waals surface area contributed by atoms with E-state index in [-0.39, 0.29) is 48.5 Å². The summed E-state index contributed by atoms with van der Waals surface area (Å²) in [6.07, 6.45) is 2.24. The molecule has 3 aromatic rings. The molecule has 0 spiro atoms. The van der Waals surface area contributed by atoms with Crippen molar-refractivity contribution < 1.29 is 33.3 Å². The molecule has 41 heavy (non-hydrogen) atoms. The van der Waals surface area contributed by atoms with Crippen molar-refractivity contribution >= 4 is 11.7 Å². The fourth-order valence-corrected chi connectivity index (χ4v) is 4.55. The van der Waals surface area contributed by atoms with Gasteiger partial charge in [0.2, 0.25) is 5.91 Å². The van der Waals surface area contributed by atoms with Crippen molar-refractivity contribution in [1.82, 2.24) is 4.98 Å². The van der Waals surface area contributed by atoms with Crippen LogP contribution in [0.5, 0.6) is 17.2 Å². The Bertz CT molecular complexity index is 1570. The fraction of sp³-hybridized carbons (Fsp3) is 0.344. The highest BCUT2D eigenvalue weighted by Crippen LogP contribution is 2.42. The van der Waals surface area contributed by atoms with E-state index in [2.05, 4.69) is 16.8 Å². The van der Waals surface area contributed by atoms with E-state index < -0.39 is 16.9 Å². The van der Waals surface area contributed by atoms with Crippen molar-refractivity contribution in [2.24, 2.45) is 5.73 Å². The second-order valence-electron chi connectivity index (χ2n) is 10.9. The molecule has 2 aliphatic rings. The minimum atomic E-state index is -1.56. The van der Waals surface area contributed by atoms with Crippen LogP contribution in [0.4, 0.5) is 4.39 Å². The maximum absolute atomic E-state index is 13.3. The number of carbonyl (C=O) groups is 2. The number of pyridine rings is 1. The number of rotatable bonds is 9. The van der Waals surface area contributed by atoms with Crippen molar-refractivity contribution in [1.29, 1.82) is 0 Å². The molecule has 0 bridgehead atoms. The van der Waals surface area contributed by atoms with Crippen LogP contribution in [0.2, 0.25) is 0 Å². The monoisotopic (exact) mass is 558 g/mol. The number of Topliss-reactive ketones (excluding diaryl/α,β-unsaturated/α-hetero) is 1. The van der Waals surface area contributed by atoms with Gasteiger partial charge in [0.15, 0.2) is 28.7 Å². The lowest BCUT2D eigenvalue weighted by atomic mass is 9.82. The molecule has 1 aliphatic carbocycles. The van der Waals surface area contributed by atoms with E-state index in [0.717, 1.165) is 12.8 Å². The summed E-state index contributed by atoms with van der Waals surface area (Å²) in [5.41, 5.74) is 4.87. The first kappa shape index (κ1) is 28.1. The molecule has 0 unspecified atom stereocenters. The minimum absolute atomic E-state index is 0.00303. The van der Waals surface area contributed by atoms with Gasteiger partial charge in [0.1, 0.15) is 23.4 Å². The number of amides is 1. The van der Waals surface area contributed by atoms with Crippen LogP contribution in [0.1, 0.15) is 72.4 Å². The summed E-state index contributed by atoms with van der Waals surface area (Å²) in [5.74, 6) is 6.06. The number of hydrogen-bond acceptors (Lipinski definition) is 7. The Morgan fingerprint density at radius 3 is 2.56 bits per heavy atom. The van der Waals surface area contributed by atoms with Crippen LogP contribution in [0.3, 0.4) is 0 Å². The van der Waals surface area contributed by atoms with Gasteiger partial charge in [-0.15, -0.1) is 0 Å². The van der Waals surface area contributed by atoms with Crippen LogP contribution < -0.4 is 19.9 Å². The molecule has 2 heterocycles. The highest BCUT2D eigenvalue weighted by atomic mass is 19.1. The summed E-state index contributed by atoms with van der Waals surface area (Å²) in [6.45, 7) is 3.21. The van der Waals surface area contributed by atoms with Gasteiger partial charge >= 0.3 is 0 Å². The molecular weight excluding hydrogens is 527 g/mol. The Morgan fingerprint density at radius 1 is 1.17 bits per heavy atom. The third-order valence-corrected chi connectivity index (χ3v) is 7.48. The molecular formula is C32H31FN2O6. The van der Waals surface area contributed by atoms with E-state index in [1.54, 1.807) is 38.1 Å². The maximum atomic E-state index is 13.3. The van der Waals surface area contributed by atoms with E-state index in [1.165, 1.54) is 31.4 Å². The summed E-state index contributed by atoms with van der Waals surface area (Å²) >= 11 is 0. The number of hydrogen-bond donors (Lipinski definition) is 2. The SMILES string of the molecule is COc1cc(C(=O)CC[C@](C)(O)c2cc3c(c(C#Cc4ccc(F)cc4)n2)OC[C@]3(C)C(N)=O)ccc1OC1CC1. The summed E-state index contributed by atoms with van der Waals surface area (Å²) in [7, 11) is 1.52. The number of methoxy groups -OCH3 is 1. The molecule has 5 rings (SSSR count). The number of benzene rings is 2. The largest absolute Gasteiger partial charge is 0.493 e. The second kappa shape index (κ2) is 10.9. The van der Waals surface area contributed by atoms with Crippen LogP contribution in [-0.4, -0.2) is 41.6 Å². The number of aromatic nitrogens is 1. The van der Waals surface area contributed by atoms with E-state index in [4.69, 9.17) is 19.9 Å². The van der Waals surface area contributed by atoms with Crippen molar-refractivity contribution in [3.05, 3.63) is 82.4 Å². The van der Waals surface area contributed by atoms with E-state index in [9.17, 15) is 19.1 Å². The van der Waals surface area contributed by atoms with Gasteiger partial charge in [0.25, 0.3) is 0 Å². The van der Waals surface area contributed by atoms with E-state index in [0.29, 0.717) is 33.9 Å². The molecule has 1 amide bonds. The molecule has 1 saturated carbocycles. The van der Waals surface area contributed by atoms with Crippen LogP contribution in [0, 0.1) is 17.7 Å². The highest BCUT2D eigenvalue weighted by Gasteiger charge is 2.44. The minimum Gasteiger partial charge on any atom is -0.493 e. The van der Waals surface area contributed by atoms with Gasteiger partial charge in [-0.05, 0) is 87.6 Å². The number of ketones is 1. The number of nitrogens with two attached hydrogens (primary N) is 1. The number of aliphatic hydroxyl groups is 1. The first-order valence-corrected chi connectivity index (χ1v) is 13.4. The lowest BCUT2D eigenvalue weighted by molar-refractivity contribution is -0.123. The third kappa shape index (κ3) is 5.88. The third-order valence-electron chi connectivity index (χ3n) is 7.48. The summed E-state index contributed by atoms with van der Waals surface area (Å²) in [4.78, 5) is 30.1. The molecule has 212 valence electrons. The van der Waals surface area contributed by atoms with Crippen LogP contribution >= 0.6 is 0 Å². The van der Waals surface area contributed by atoms with Gasteiger partial charge in [0.05, 0.1) is 18.9 Å². The first-order valence-electron chi connectivity index (χ1n) is 13.4. The molecule has 8 nitrogen and oxygen atoms in total. The van der Waals surface area contributed by atoms with Gasteiger partial charge in [-0.3, -0.25) is 9.59 Å². The number of nitrogens with zero attached hydrogens (tertiary/aromatic N) is 1. The Morgan fingerprint density at radius 2 is 1.90 bits per heavy atom. The average molecular weight is 559 g/mol. The Hall–Kier alpha value is -4.42. The van der Waals surface area contributed by atoms with Crippen molar-refractivity contribution in [2.75, 3.05) is 13.7 Å². The van der Waals surface area contributed by atoms with Crippen molar-refractivity contribution in [3.8, 4) is 29.1 Å². The van der Waals surface area contributed by atoms with Gasteiger partial charge in [0, 0.05) is 23.1 Å². The average Bonchev–Trinajstić information content (AvgIpc) is 3.71. The van der Waals surface area contributed by atoms with Gasteiger partial charge in [-0.2, -0.15) is 0 Å². The lowest BCUT2D eigenvalue weighted by Gasteiger charge is -2.25. The number of primary amides is 1. The number of fused-ring (bicyclic) bond motifs is 1. The normalized spacial score (nSPS) is 18.8. The number of halogens is 1. The predicted octanol–water partition coefficient (Wildman–Crippen LogP) is 4.18. The number of carbonyl (C=O) groups excluding carboxylic acids is 2. The first-order chi connectivity index (χ1) is 19.5. The molecule has 2 atom stereocenters. The summed E-state index contributed by atoms with van der Waals surface area (Å²) in [6, 6.07) is 12.3. The van der Waals surface area contributed by atoms with Gasteiger partial charge in [-0.1, -0.05) is 5.92 Å².